The smallest absolute Gasteiger partial charge is 0.333 e. The van der Waals surface area contributed by atoms with Gasteiger partial charge in [0.25, 0.3) is 5.56 Å². The van der Waals surface area contributed by atoms with Crippen molar-refractivity contribution < 1.29 is 18.7 Å². The summed E-state index contributed by atoms with van der Waals surface area (Å²) in [5, 5.41) is 0.288. The number of carbonyl (C=O) groups is 1. The summed E-state index contributed by atoms with van der Waals surface area (Å²) < 4.78 is 22.2. The van der Waals surface area contributed by atoms with Gasteiger partial charge in [0.05, 0.1) is 29.3 Å². The van der Waals surface area contributed by atoms with E-state index in [2.05, 4.69) is 9.97 Å². The maximum Gasteiger partial charge on any atom is 0.333 e. The summed E-state index contributed by atoms with van der Waals surface area (Å²) >= 11 is 1.23. The van der Waals surface area contributed by atoms with E-state index in [1.807, 2.05) is 65.4 Å². The normalized spacial score (nSPS) is 12.7. The number of hydrogen-bond donors (Lipinski definition) is 0. The fourth-order valence-corrected chi connectivity index (χ4v) is 6.59. The molecule has 0 saturated carbocycles. The van der Waals surface area contributed by atoms with Gasteiger partial charge in [0.1, 0.15) is 34.1 Å². The summed E-state index contributed by atoms with van der Waals surface area (Å²) in [6.45, 7) is 10.1. The number of oxazole rings is 1. The summed E-state index contributed by atoms with van der Waals surface area (Å²) in [5.41, 5.74) is -1.43. The van der Waals surface area contributed by atoms with Crippen molar-refractivity contribution >= 4 is 27.5 Å². The number of aryl methyl sites for hydroxylation is 1. The topological polar surface area (TPSA) is 123 Å². The molecule has 0 aliphatic rings. The Morgan fingerprint density at radius 1 is 1.00 bits per heavy atom. The molecule has 0 aliphatic heterocycles. The Kier molecular flexibility index (Phi) is 8.22. The van der Waals surface area contributed by atoms with Gasteiger partial charge in [-0.05, 0) is 76.9 Å². The van der Waals surface area contributed by atoms with E-state index in [1.165, 1.54) is 42.2 Å². The zero-order valence-corrected chi connectivity index (χ0v) is 27.8. The number of fused-ring (bicyclic) bond motifs is 1. The van der Waals surface area contributed by atoms with Crippen molar-refractivity contribution in [3.8, 4) is 22.2 Å². The standard InChI is InChI=1S/C35H35N5O6S/c1-22-27-30(41)40(35(5,6)32(42)46-34(2,3)4)33(43)39(31(27)47-28(22)29-37-17-19-44-29)20-26(23-10-8-7-9-11-23)45-25-14-12-24(13-15-25)38-18-16-36-21-38/h7-19,21,26H,20H2,1-6H3. The summed E-state index contributed by atoms with van der Waals surface area (Å²) in [5.74, 6) is 0.205. The Balaban J connectivity index is 1.52. The second kappa shape index (κ2) is 12.2. The quantitative estimate of drug-likeness (QED) is 0.167. The monoisotopic (exact) mass is 653 g/mol. The molecule has 1 unspecified atom stereocenters. The molecule has 0 radical (unpaired) electrons. The van der Waals surface area contributed by atoms with E-state index in [0.717, 1.165) is 15.8 Å². The first-order chi connectivity index (χ1) is 22.3. The number of hydrogen-bond acceptors (Lipinski definition) is 9. The highest BCUT2D eigenvalue weighted by atomic mass is 32.1. The lowest BCUT2D eigenvalue weighted by atomic mass is 10.0. The van der Waals surface area contributed by atoms with E-state index in [4.69, 9.17) is 13.9 Å². The van der Waals surface area contributed by atoms with Crippen molar-refractivity contribution in [2.75, 3.05) is 0 Å². The Labute approximate surface area is 274 Å². The molecule has 0 spiro atoms. The van der Waals surface area contributed by atoms with Crippen LogP contribution in [0.4, 0.5) is 0 Å². The average Bonchev–Trinajstić information content (AvgIpc) is 3.81. The molecule has 0 bridgehead atoms. The van der Waals surface area contributed by atoms with Crippen molar-refractivity contribution in [2.45, 2.75) is 65.3 Å². The Morgan fingerprint density at radius 2 is 1.72 bits per heavy atom. The highest BCUT2D eigenvalue weighted by Gasteiger charge is 2.39. The van der Waals surface area contributed by atoms with Crippen LogP contribution in [0.25, 0.3) is 26.7 Å². The summed E-state index contributed by atoms with van der Waals surface area (Å²) in [4.78, 5) is 51.8. The molecule has 0 fully saturated rings. The van der Waals surface area contributed by atoms with Crippen molar-refractivity contribution in [3.63, 3.8) is 0 Å². The molecule has 1 atom stereocenters. The summed E-state index contributed by atoms with van der Waals surface area (Å²) in [6.07, 6.45) is 7.59. The minimum absolute atomic E-state index is 0.0261. The zero-order chi connectivity index (χ0) is 33.5. The van der Waals surface area contributed by atoms with Gasteiger partial charge in [-0.1, -0.05) is 30.3 Å². The highest BCUT2D eigenvalue weighted by molar-refractivity contribution is 7.22. The van der Waals surface area contributed by atoms with Crippen LogP contribution in [-0.2, 0) is 21.6 Å². The minimum Gasteiger partial charge on any atom is -0.484 e. The highest BCUT2D eigenvalue weighted by Crippen LogP contribution is 2.37. The average molecular weight is 654 g/mol. The van der Waals surface area contributed by atoms with Gasteiger partial charge in [-0.25, -0.2) is 24.1 Å². The predicted octanol–water partition coefficient (Wildman–Crippen LogP) is 6.27. The third kappa shape index (κ3) is 6.16. The van der Waals surface area contributed by atoms with E-state index in [1.54, 1.807) is 40.2 Å². The van der Waals surface area contributed by atoms with Crippen LogP contribution in [-0.4, -0.2) is 35.2 Å². The molecule has 0 N–H and O–H groups in total. The fraction of sp³-hybridized carbons (Fsp3) is 0.286. The van der Waals surface area contributed by atoms with E-state index in [-0.39, 0.29) is 11.9 Å². The second-order valence-corrected chi connectivity index (χ2v) is 13.6. The van der Waals surface area contributed by atoms with Crippen LogP contribution in [0.3, 0.4) is 0 Å². The third-order valence-corrected chi connectivity index (χ3v) is 9.04. The van der Waals surface area contributed by atoms with Gasteiger partial charge in [0.15, 0.2) is 0 Å². The van der Waals surface area contributed by atoms with Gasteiger partial charge in [0.2, 0.25) is 5.89 Å². The first-order valence-electron chi connectivity index (χ1n) is 15.1. The van der Waals surface area contributed by atoms with Gasteiger partial charge in [-0.15, -0.1) is 11.3 Å². The largest absolute Gasteiger partial charge is 0.484 e. The van der Waals surface area contributed by atoms with Crippen molar-refractivity contribution in [1.82, 2.24) is 23.7 Å². The first-order valence-corrected chi connectivity index (χ1v) is 15.9. The number of aromatic nitrogens is 5. The lowest BCUT2D eigenvalue weighted by molar-refractivity contribution is -0.164. The van der Waals surface area contributed by atoms with E-state index in [9.17, 15) is 14.4 Å². The molecule has 4 aromatic heterocycles. The third-order valence-electron chi connectivity index (χ3n) is 7.73. The van der Waals surface area contributed by atoms with Gasteiger partial charge < -0.3 is 18.5 Å². The van der Waals surface area contributed by atoms with E-state index in [0.29, 0.717) is 26.9 Å². The maximum atomic E-state index is 14.5. The zero-order valence-electron chi connectivity index (χ0n) is 27.0. The number of imidazole rings is 1. The van der Waals surface area contributed by atoms with E-state index >= 15 is 0 Å². The number of rotatable bonds is 9. The summed E-state index contributed by atoms with van der Waals surface area (Å²) in [7, 11) is 0. The summed E-state index contributed by atoms with van der Waals surface area (Å²) in [6, 6.07) is 17.1. The Bertz CT molecular complexity index is 2140. The van der Waals surface area contributed by atoms with Gasteiger partial charge in [-0.3, -0.25) is 9.36 Å². The second-order valence-electron chi connectivity index (χ2n) is 12.6. The Hall–Kier alpha value is -5.23. The van der Waals surface area contributed by atoms with Crippen LogP contribution in [0.5, 0.6) is 5.75 Å². The predicted molar refractivity (Wildman–Crippen MR) is 179 cm³/mol. The Morgan fingerprint density at radius 3 is 2.34 bits per heavy atom. The van der Waals surface area contributed by atoms with Crippen LogP contribution in [0, 0.1) is 6.92 Å². The van der Waals surface area contributed by atoms with Crippen molar-refractivity contribution in [2.24, 2.45) is 0 Å². The van der Waals surface area contributed by atoms with Gasteiger partial charge >= 0.3 is 11.7 Å². The first kappa shape index (κ1) is 31.7. The molecule has 0 amide bonds. The number of nitrogens with zero attached hydrogens (tertiary/aromatic N) is 5. The molecular weight excluding hydrogens is 618 g/mol. The van der Waals surface area contributed by atoms with Crippen molar-refractivity contribution in [3.05, 3.63) is 118 Å². The van der Waals surface area contributed by atoms with Crippen LogP contribution in [0.1, 0.15) is 51.8 Å². The minimum atomic E-state index is -1.64. The lowest BCUT2D eigenvalue weighted by Gasteiger charge is -2.30. The number of carbonyl (C=O) groups excluding carboxylic acids is 1. The molecule has 0 saturated heterocycles. The molecule has 47 heavy (non-hydrogen) atoms. The van der Waals surface area contributed by atoms with Crippen LogP contribution >= 0.6 is 11.3 Å². The molecule has 11 nitrogen and oxygen atoms in total. The lowest BCUT2D eigenvalue weighted by Crippen LogP contribution is -2.54. The molecule has 0 aliphatic carbocycles. The number of benzene rings is 2. The van der Waals surface area contributed by atoms with Gasteiger partial charge in [0, 0.05) is 18.1 Å². The van der Waals surface area contributed by atoms with Crippen molar-refractivity contribution in [1.29, 1.82) is 0 Å². The van der Waals surface area contributed by atoms with Gasteiger partial charge in [-0.2, -0.15) is 0 Å². The van der Waals surface area contributed by atoms with Crippen LogP contribution in [0.2, 0.25) is 0 Å². The maximum absolute atomic E-state index is 14.5. The molecule has 12 heteroatoms. The molecule has 242 valence electrons. The molecule has 6 rings (SSSR count). The fourth-order valence-electron chi connectivity index (χ4n) is 5.35. The number of thiophene rings is 1. The molecule has 2 aromatic carbocycles. The van der Waals surface area contributed by atoms with E-state index < -0.39 is 34.5 Å². The SMILES string of the molecule is Cc1c(-c2ncco2)sc2c1c(=O)n(C(C)(C)C(=O)OC(C)(C)C)c(=O)n2CC(Oc1ccc(-n2ccnc2)cc1)c1ccccc1. The molecule has 6 aromatic rings. The van der Waals surface area contributed by atoms with Crippen LogP contribution in [0.15, 0.2) is 99.8 Å². The molecule has 4 heterocycles. The number of esters is 1. The van der Waals surface area contributed by atoms with Crippen LogP contribution < -0.4 is 16.0 Å². The molecular formula is C35H35N5O6S. The number of ether oxygens (including phenoxy) is 2.